The van der Waals surface area contributed by atoms with Crippen LogP contribution in [0.4, 0.5) is 5.95 Å². The van der Waals surface area contributed by atoms with Crippen LogP contribution < -0.4 is 5.32 Å². The smallest absolute Gasteiger partial charge is 0.222 e. The van der Waals surface area contributed by atoms with E-state index in [2.05, 4.69) is 56.3 Å². The summed E-state index contributed by atoms with van der Waals surface area (Å²) in [4.78, 5) is 14.1. The van der Waals surface area contributed by atoms with E-state index in [1.807, 2.05) is 12.4 Å². The fourth-order valence-corrected chi connectivity index (χ4v) is 4.10. The van der Waals surface area contributed by atoms with E-state index < -0.39 is 0 Å². The summed E-state index contributed by atoms with van der Waals surface area (Å²) in [6.45, 7) is 8.60. The zero-order valence-electron chi connectivity index (χ0n) is 15.7. The molecule has 0 saturated carbocycles. The minimum atomic E-state index is 0.696. The van der Waals surface area contributed by atoms with Crippen molar-refractivity contribution in [2.45, 2.75) is 38.8 Å². The molecule has 1 saturated heterocycles. The number of nitrogens with zero attached hydrogens (tertiary/aromatic N) is 4. The summed E-state index contributed by atoms with van der Waals surface area (Å²) in [6.07, 6.45) is 7.45. The van der Waals surface area contributed by atoms with E-state index in [0.717, 1.165) is 51.6 Å². The monoisotopic (exact) mass is 351 g/mol. The van der Waals surface area contributed by atoms with Crippen LogP contribution in [-0.2, 0) is 19.4 Å². The Morgan fingerprint density at radius 3 is 2.27 bits per heavy atom. The molecule has 1 N–H and O–H groups in total. The molecule has 5 nitrogen and oxygen atoms in total. The van der Waals surface area contributed by atoms with Gasteiger partial charge in [0.25, 0.3) is 0 Å². The number of rotatable bonds is 6. The molecule has 1 fully saturated rings. The molecule has 138 valence electrons. The number of aromatic nitrogens is 2. The summed E-state index contributed by atoms with van der Waals surface area (Å²) < 4.78 is 0. The Morgan fingerprint density at radius 1 is 1.00 bits per heavy atom. The highest BCUT2D eigenvalue weighted by Crippen LogP contribution is 2.26. The summed E-state index contributed by atoms with van der Waals surface area (Å²) in [5.74, 6) is 0.737. The number of benzene rings is 1. The Bertz CT molecular complexity index is 682. The topological polar surface area (TPSA) is 44.3 Å². The lowest BCUT2D eigenvalue weighted by Crippen LogP contribution is -2.50. The van der Waals surface area contributed by atoms with Crippen LogP contribution in [0.1, 0.15) is 30.0 Å². The number of fused-ring (bicyclic) bond motifs is 1. The van der Waals surface area contributed by atoms with Crippen LogP contribution >= 0.6 is 0 Å². The molecule has 2 aliphatic rings. The number of nitrogens with one attached hydrogen (secondary N) is 1. The molecule has 1 aliphatic heterocycles. The van der Waals surface area contributed by atoms with E-state index in [-0.39, 0.29) is 0 Å². The molecule has 0 amide bonds. The van der Waals surface area contributed by atoms with E-state index in [4.69, 9.17) is 0 Å². The summed E-state index contributed by atoms with van der Waals surface area (Å²) >= 11 is 0. The molecule has 1 aliphatic carbocycles. The quantitative estimate of drug-likeness (QED) is 0.867. The van der Waals surface area contributed by atoms with Crippen LogP contribution in [0.5, 0.6) is 0 Å². The van der Waals surface area contributed by atoms with Gasteiger partial charge in [0.05, 0.1) is 0 Å². The number of hydrogen-bond acceptors (Lipinski definition) is 5. The van der Waals surface area contributed by atoms with Crippen molar-refractivity contribution in [2.24, 2.45) is 0 Å². The SMILES string of the molecule is CCCNc1ncc(CN2CCN(C3Cc4ccccc4C3)CC2)cn1. The first-order valence-electron chi connectivity index (χ1n) is 9.90. The third kappa shape index (κ3) is 4.05. The van der Waals surface area contributed by atoms with Gasteiger partial charge in [0.15, 0.2) is 0 Å². The second kappa shape index (κ2) is 8.14. The highest BCUT2D eigenvalue weighted by molar-refractivity contribution is 5.33. The van der Waals surface area contributed by atoms with E-state index >= 15 is 0 Å². The largest absolute Gasteiger partial charge is 0.354 e. The van der Waals surface area contributed by atoms with E-state index in [0.29, 0.717) is 6.04 Å². The van der Waals surface area contributed by atoms with Gasteiger partial charge in [-0.25, -0.2) is 9.97 Å². The summed E-state index contributed by atoms with van der Waals surface area (Å²) in [6, 6.07) is 9.63. The molecule has 5 heteroatoms. The molecule has 2 aromatic rings. The molecule has 0 spiro atoms. The van der Waals surface area contributed by atoms with Crippen LogP contribution in [-0.4, -0.2) is 58.5 Å². The molecule has 0 bridgehead atoms. The summed E-state index contributed by atoms with van der Waals surface area (Å²) in [5, 5.41) is 3.23. The third-order valence-corrected chi connectivity index (χ3v) is 5.60. The third-order valence-electron chi connectivity index (χ3n) is 5.60. The normalized spacial score (nSPS) is 18.8. The van der Waals surface area contributed by atoms with Crippen molar-refractivity contribution in [3.8, 4) is 0 Å². The van der Waals surface area contributed by atoms with Crippen LogP contribution in [0.3, 0.4) is 0 Å². The zero-order valence-corrected chi connectivity index (χ0v) is 15.7. The van der Waals surface area contributed by atoms with Gasteiger partial charge in [-0.15, -0.1) is 0 Å². The molecular formula is C21H29N5. The molecule has 0 atom stereocenters. The van der Waals surface area contributed by atoms with Crippen LogP contribution in [0.15, 0.2) is 36.7 Å². The van der Waals surface area contributed by atoms with Crippen LogP contribution in [0.25, 0.3) is 0 Å². The van der Waals surface area contributed by atoms with Crippen molar-refractivity contribution >= 4 is 5.95 Å². The average Bonchev–Trinajstić information content (AvgIpc) is 3.12. The van der Waals surface area contributed by atoms with Gasteiger partial charge in [-0.3, -0.25) is 9.80 Å². The number of piperazine rings is 1. The van der Waals surface area contributed by atoms with Crippen molar-refractivity contribution < 1.29 is 0 Å². The first kappa shape index (κ1) is 17.4. The fourth-order valence-electron chi connectivity index (χ4n) is 4.10. The zero-order chi connectivity index (χ0) is 17.8. The van der Waals surface area contributed by atoms with Gasteiger partial charge in [0, 0.05) is 63.3 Å². The standard InChI is InChI=1S/C21H29N5/c1-2-7-22-21-23-14-17(15-24-21)16-25-8-10-26(11-9-25)20-12-18-5-3-4-6-19(18)13-20/h3-6,14-15,20H,2,7-13,16H2,1H3,(H,22,23,24). The molecule has 4 rings (SSSR count). The van der Waals surface area contributed by atoms with Gasteiger partial charge in [0.2, 0.25) is 5.95 Å². The maximum atomic E-state index is 4.42. The van der Waals surface area contributed by atoms with Gasteiger partial charge < -0.3 is 5.32 Å². The van der Waals surface area contributed by atoms with Crippen molar-refractivity contribution in [3.63, 3.8) is 0 Å². The second-order valence-electron chi connectivity index (χ2n) is 7.48. The highest BCUT2D eigenvalue weighted by Gasteiger charge is 2.28. The number of anilines is 1. The minimum Gasteiger partial charge on any atom is -0.354 e. The van der Waals surface area contributed by atoms with Gasteiger partial charge in [-0.05, 0) is 30.4 Å². The summed E-state index contributed by atoms with van der Waals surface area (Å²) in [7, 11) is 0. The van der Waals surface area contributed by atoms with Gasteiger partial charge in [-0.2, -0.15) is 0 Å². The molecule has 0 radical (unpaired) electrons. The molecule has 1 aromatic carbocycles. The molecule has 2 heterocycles. The summed E-state index contributed by atoms with van der Waals surface area (Å²) in [5.41, 5.74) is 4.30. The second-order valence-corrected chi connectivity index (χ2v) is 7.48. The van der Waals surface area contributed by atoms with Gasteiger partial charge >= 0.3 is 0 Å². The Labute approximate surface area is 156 Å². The fraction of sp³-hybridized carbons (Fsp3) is 0.524. The first-order valence-corrected chi connectivity index (χ1v) is 9.90. The van der Waals surface area contributed by atoms with Crippen molar-refractivity contribution in [1.82, 2.24) is 19.8 Å². The Kier molecular flexibility index (Phi) is 5.46. The van der Waals surface area contributed by atoms with Crippen LogP contribution in [0.2, 0.25) is 0 Å². The van der Waals surface area contributed by atoms with Gasteiger partial charge in [-0.1, -0.05) is 31.2 Å². The predicted molar refractivity (Wildman–Crippen MR) is 105 cm³/mol. The first-order chi connectivity index (χ1) is 12.8. The lowest BCUT2D eigenvalue weighted by Gasteiger charge is -2.38. The molecule has 1 aromatic heterocycles. The molecule has 0 unspecified atom stereocenters. The van der Waals surface area contributed by atoms with Gasteiger partial charge in [0.1, 0.15) is 0 Å². The van der Waals surface area contributed by atoms with E-state index in [9.17, 15) is 0 Å². The number of hydrogen-bond donors (Lipinski definition) is 1. The van der Waals surface area contributed by atoms with Crippen molar-refractivity contribution in [3.05, 3.63) is 53.3 Å². The maximum Gasteiger partial charge on any atom is 0.222 e. The molecular weight excluding hydrogens is 322 g/mol. The van der Waals surface area contributed by atoms with E-state index in [1.54, 1.807) is 11.1 Å². The minimum absolute atomic E-state index is 0.696. The van der Waals surface area contributed by atoms with Crippen molar-refractivity contribution in [1.29, 1.82) is 0 Å². The molecule has 26 heavy (non-hydrogen) atoms. The van der Waals surface area contributed by atoms with Crippen LogP contribution in [0, 0.1) is 0 Å². The Morgan fingerprint density at radius 2 is 1.65 bits per heavy atom. The Balaban J connectivity index is 1.25. The Hall–Kier alpha value is -1.98. The highest BCUT2D eigenvalue weighted by atomic mass is 15.3. The van der Waals surface area contributed by atoms with E-state index in [1.165, 1.54) is 18.4 Å². The maximum absolute atomic E-state index is 4.42. The average molecular weight is 351 g/mol. The predicted octanol–water partition coefficient (Wildman–Crippen LogP) is 2.58. The lowest BCUT2D eigenvalue weighted by atomic mass is 10.1. The lowest BCUT2D eigenvalue weighted by molar-refractivity contribution is 0.0948. The van der Waals surface area contributed by atoms with Crippen molar-refractivity contribution in [2.75, 3.05) is 38.0 Å².